The fraction of sp³-hybridized carbons (Fsp3) is 0.286. The maximum atomic E-state index is 12.9. The van der Waals surface area contributed by atoms with Gasteiger partial charge in [-0.05, 0) is 37.5 Å². The number of benzene rings is 1. The zero-order valence-corrected chi connectivity index (χ0v) is 16.3. The van der Waals surface area contributed by atoms with Crippen molar-refractivity contribution in [3.05, 3.63) is 70.8 Å². The normalized spacial score (nSPS) is 12.2. The van der Waals surface area contributed by atoms with E-state index in [9.17, 15) is 4.79 Å². The minimum atomic E-state index is -0.161. The first kappa shape index (κ1) is 18.3. The molecular weight excluding hydrogens is 342 g/mol. The number of pyridine rings is 1. The van der Waals surface area contributed by atoms with E-state index in [1.165, 1.54) is 16.9 Å². The van der Waals surface area contributed by atoms with E-state index in [2.05, 4.69) is 48.1 Å². The van der Waals surface area contributed by atoms with Crippen LogP contribution in [0.2, 0.25) is 0 Å². The summed E-state index contributed by atoms with van der Waals surface area (Å²) in [5.41, 5.74) is 3.41. The lowest BCUT2D eigenvalue weighted by molar-refractivity contribution is 0.0950. The van der Waals surface area contributed by atoms with Gasteiger partial charge in [-0.25, -0.2) is 4.98 Å². The van der Waals surface area contributed by atoms with E-state index < -0.39 is 0 Å². The summed E-state index contributed by atoms with van der Waals surface area (Å²) in [6.07, 6.45) is 1.74. The molecular formula is C21H23N3OS. The van der Waals surface area contributed by atoms with Crippen LogP contribution in [0.1, 0.15) is 49.7 Å². The summed E-state index contributed by atoms with van der Waals surface area (Å²) >= 11 is 1.48. The first-order chi connectivity index (χ1) is 12.5. The van der Waals surface area contributed by atoms with Crippen molar-refractivity contribution in [3.63, 3.8) is 0 Å². The number of carbonyl (C=O) groups is 1. The van der Waals surface area contributed by atoms with Gasteiger partial charge in [-0.3, -0.25) is 14.4 Å². The highest BCUT2D eigenvalue weighted by atomic mass is 32.1. The highest BCUT2D eigenvalue weighted by Gasteiger charge is 2.14. The molecule has 0 bridgehead atoms. The Morgan fingerprint density at radius 1 is 1.08 bits per heavy atom. The molecule has 0 atom stereocenters. The molecule has 0 radical (unpaired) electrons. The fourth-order valence-corrected chi connectivity index (χ4v) is 3.41. The van der Waals surface area contributed by atoms with E-state index in [0.29, 0.717) is 17.1 Å². The Labute approximate surface area is 157 Å². The van der Waals surface area contributed by atoms with Gasteiger partial charge in [0.15, 0.2) is 0 Å². The predicted molar refractivity (Wildman–Crippen MR) is 106 cm³/mol. The SMILES string of the molecule is CC(C)N=c1ccccn1C(=O)c1csc(-c2ccc(C(C)C)cc2)n1. The minimum absolute atomic E-state index is 0.113. The Balaban J connectivity index is 1.92. The standard InChI is InChI=1S/C21H23N3OS/c1-14(2)16-8-10-17(11-9-16)20-23-18(13-26-20)21(25)24-12-6-5-7-19(24)22-15(3)4/h5-15H,1-4H3. The van der Waals surface area contributed by atoms with Crippen LogP contribution in [0.4, 0.5) is 0 Å². The molecule has 0 aliphatic heterocycles. The van der Waals surface area contributed by atoms with Gasteiger partial charge in [-0.15, -0.1) is 11.3 Å². The quantitative estimate of drug-likeness (QED) is 0.671. The van der Waals surface area contributed by atoms with E-state index in [1.807, 2.05) is 37.4 Å². The number of hydrogen-bond donors (Lipinski definition) is 0. The Bertz CT molecular complexity index is 965. The van der Waals surface area contributed by atoms with Crippen LogP contribution >= 0.6 is 11.3 Å². The second-order valence-electron chi connectivity index (χ2n) is 6.77. The largest absolute Gasteiger partial charge is 0.283 e. The summed E-state index contributed by atoms with van der Waals surface area (Å²) in [6.45, 7) is 8.32. The highest BCUT2D eigenvalue weighted by Crippen LogP contribution is 2.26. The molecule has 1 aromatic carbocycles. The lowest BCUT2D eigenvalue weighted by Gasteiger charge is -2.06. The summed E-state index contributed by atoms with van der Waals surface area (Å²) in [7, 11) is 0. The van der Waals surface area contributed by atoms with Gasteiger partial charge in [0.1, 0.15) is 16.2 Å². The molecule has 0 aliphatic rings. The Hall–Kier alpha value is -2.53. The van der Waals surface area contributed by atoms with Crippen LogP contribution in [-0.2, 0) is 0 Å². The first-order valence-corrected chi connectivity index (χ1v) is 9.65. The second kappa shape index (κ2) is 7.79. The molecule has 5 heteroatoms. The number of hydrogen-bond acceptors (Lipinski definition) is 4. The van der Waals surface area contributed by atoms with Crippen molar-refractivity contribution in [2.75, 3.05) is 0 Å². The van der Waals surface area contributed by atoms with E-state index in [1.54, 1.807) is 10.8 Å². The van der Waals surface area contributed by atoms with E-state index in [4.69, 9.17) is 0 Å². The molecule has 2 aromatic heterocycles. The van der Waals surface area contributed by atoms with E-state index in [0.717, 1.165) is 10.6 Å². The Kier molecular flexibility index (Phi) is 5.47. The van der Waals surface area contributed by atoms with E-state index >= 15 is 0 Å². The first-order valence-electron chi connectivity index (χ1n) is 8.78. The van der Waals surface area contributed by atoms with Crippen molar-refractivity contribution in [2.45, 2.75) is 39.7 Å². The highest BCUT2D eigenvalue weighted by molar-refractivity contribution is 7.13. The number of rotatable bonds is 4. The molecule has 4 nitrogen and oxygen atoms in total. The summed E-state index contributed by atoms with van der Waals surface area (Å²) < 4.78 is 1.56. The molecule has 0 unspecified atom stereocenters. The van der Waals surface area contributed by atoms with Crippen LogP contribution in [0.15, 0.2) is 59.0 Å². The average molecular weight is 366 g/mol. The van der Waals surface area contributed by atoms with Gasteiger partial charge in [0, 0.05) is 23.2 Å². The summed E-state index contributed by atoms with van der Waals surface area (Å²) in [5, 5.41) is 2.66. The molecule has 0 N–H and O–H groups in total. The van der Waals surface area contributed by atoms with Crippen LogP contribution in [0.25, 0.3) is 10.6 Å². The maximum absolute atomic E-state index is 12.9. The summed E-state index contributed by atoms with van der Waals surface area (Å²) in [6, 6.07) is 14.0. The van der Waals surface area contributed by atoms with Crippen LogP contribution in [0.5, 0.6) is 0 Å². The maximum Gasteiger partial charge on any atom is 0.283 e. The van der Waals surface area contributed by atoms with Crippen LogP contribution in [0, 0.1) is 0 Å². The lowest BCUT2D eigenvalue weighted by atomic mass is 10.0. The third kappa shape index (κ3) is 3.99. The second-order valence-corrected chi connectivity index (χ2v) is 7.63. The van der Waals surface area contributed by atoms with Crippen molar-refractivity contribution >= 4 is 17.2 Å². The predicted octanol–water partition coefficient (Wildman–Crippen LogP) is 4.73. The molecule has 3 rings (SSSR count). The summed E-state index contributed by atoms with van der Waals surface area (Å²) in [5.74, 6) is 0.335. The molecule has 26 heavy (non-hydrogen) atoms. The molecule has 0 fully saturated rings. The topological polar surface area (TPSA) is 47.2 Å². The van der Waals surface area contributed by atoms with Gasteiger partial charge < -0.3 is 0 Å². The number of carbonyl (C=O) groups excluding carboxylic acids is 1. The monoisotopic (exact) mass is 365 g/mol. The van der Waals surface area contributed by atoms with Crippen LogP contribution in [-0.4, -0.2) is 21.5 Å². The van der Waals surface area contributed by atoms with Gasteiger partial charge in [-0.1, -0.05) is 44.2 Å². The number of thiazole rings is 1. The van der Waals surface area contributed by atoms with Crippen molar-refractivity contribution < 1.29 is 4.79 Å². The Morgan fingerprint density at radius 3 is 2.46 bits per heavy atom. The van der Waals surface area contributed by atoms with Gasteiger partial charge in [0.05, 0.1) is 0 Å². The molecule has 3 aromatic rings. The number of nitrogens with zero attached hydrogens (tertiary/aromatic N) is 3. The molecule has 0 spiro atoms. The van der Waals surface area contributed by atoms with Gasteiger partial charge >= 0.3 is 0 Å². The van der Waals surface area contributed by atoms with Crippen molar-refractivity contribution in [1.82, 2.24) is 9.55 Å². The average Bonchev–Trinajstić information content (AvgIpc) is 3.11. The zero-order valence-electron chi connectivity index (χ0n) is 15.5. The molecule has 2 heterocycles. The van der Waals surface area contributed by atoms with Gasteiger partial charge in [-0.2, -0.15) is 0 Å². The van der Waals surface area contributed by atoms with Gasteiger partial charge in [0.25, 0.3) is 5.91 Å². The lowest BCUT2D eigenvalue weighted by Crippen LogP contribution is -2.28. The van der Waals surface area contributed by atoms with Crippen LogP contribution in [0.3, 0.4) is 0 Å². The third-order valence-electron chi connectivity index (χ3n) is 4.00. The molecule has 134 valence electrons. The van der Waals surface area contributed by atoms with Crippen molar-refractivity contribution in [2.24, 2.45) is 4.99 Å². The minimum Gasteiger partial charge on any atom is -0.267 e. The zero-order chi connectivity index (χ0) is 18.7. The van der Waals surface area contributed by atoms with Crippen molar-refractivity contribution in [3.8, 4) is 10.6 Å². The Morgan fingerprint density at radius 2 is 1.81 bits per heavy atom. The molecule has 0 amide bonds. The fourth-order valence-electron chi connectivity index (χ4n) is 2.61. The number of aromatic nitrogens is 2. The van der Waals surface area contributed by atoms with Gasteiger partial charge in [0.2, 0.25) is 0 Å². The van der Waals surface area contributed by atoms with E-state index in [-0.39, 0.29) is 11.9 Å². The third-order valence-corrected chi connectivity index (χ3v) is 4.89. The molecule has 0 aliphatic carbocycles. The van der Waals surface area contributed by atoms with Crippen molar-refractivity contribution in [1.29, 1.82) is 0 Å². The smallest absolute Gasteiger partial charge is 0.267 e. The summed E-state index contributed by atoms with van der Waals surface area (Å²) in [4.78, 5) is 22.0. The molecule has 0 saturated heterocycles. The van der Waals surface area contributed by atoms with Crippen LogP contribution < -0.4 is 5.49 Å². The molecule has 0 saturated carbocycles.